The molecule has 58 valence electrons. The normalized spacial score (nSPS) is 9.55. The van der Waals surface area contributed by atoms with E-state index in [4.69, 9.17) is 10.6 Å². The van der Waals surface area contributed by atoms with E-state index in [1.807, 2.05) is 12.1 Å². The molecular formula is C8H10N2O. The monoisotopic (exact) mass is 150 g/mol. The third-order valence-corrected chi connectivity index (χ3v) is 1.47. The third-order valence-electron chi connectivity index (χ3n) is 1.47. The van der Waals surface area contributed by atoms with Gasteiger partial charge in [-0.25, -0.2) is 5.53 Å². The molecule has 0 fully saturated rings. The Kier molecular flexibility index (Phi) is 2.74. The van der Waals surface area contributed by atoms with E-state index in [0.717, 1.165) is 5.56 Å². The Hall–Kier alpha value is -1.22. The molecule has 0 heterocycles. The Morgan fingerprint density at radius 3 is 2.36 bits per heavy atom. The summed E-state index contributed by atoms with van der Waals surface area (Å²) in [4.78, 5) is 0. The lowest BCUT2D eigenvalue weighted by Crippen LogP contribution is -1.88. The molecule has 0 aromatic heterocycles. The molecule has 0 aliphatic carbocycles. The van der Waals surface area contributed by atoms with Gasteiger partial charge in [-0.15, -0.1) is 0 Å². The molecule has 3 heteroatoms. The molecule has 11 heavy (non-hydrogen) atoms. The molecule has 1 rings (SSSR count). The van der Waals surface area contributed by atoms with Crippen LogP contribution in [0.25, 0.3) is 0 Å². The van der Waals surface area contributed by atoms with Gasteiger partial charge in [0, 0.05) is 6.61 Å². The topological polar surface area (TPSA) is 56.4 Å². The van der Waals surface area contributed by atoms with Gasteiger partial charge in [0.05, 0.1) is 5.69 Å². The van der Waals surface area contributed by atoms with Crippen molar-refractivity contribution >= 4 is 5.69 Å². The van der Waals surface area contributed by atoms with Crippen LogP contribution in [0.3, 0.4) is 0 Å². The first-order chi connectivity index (χ1) is 5.36. The summed E-state index contributed by atoms with van der Waals surface area (Å²) < 4.78 is 0. The first kappa shape index (κ1) is 7.88. The van der Waals surface area contributed by atoms with Gasteiger partial charge in [0.25, 0.3) is 0 Å². The van der Waals surface area contributed by atoms with E-state index < -0.39 is 0 Å². The van der Waals surface area contributed by atoms with Crippen molar-refractivity contribution in [2.45, 2.75) is 6.42 Å². The van der Waals surface area contributed by atoms with Crippen LogP contribution in [0, 0.1) is 5.53 Å². The highest BCUT2D eigenvalue weighted by Gasteiger charge is 1.91. The van der Waals surface area contributed by atoms with Gasteiger partial charge in [-0.3, -0.25) is 0 Å². The van der Waals surface area contributed by atoms with Crippen molar-refractivity contribution in [3.05, 3.63) is 29.8 Å². The van der Waals surface area contributed by atoms with Crippen molar-refractivity contribution in [2.24, 2.45) is 5.11 Å². The second kappa shape index (κ2) is 3.83. The van der Waals surface area contributed by atoms with Crippen molar-refractivity contribution in [1.29, 1.82) is 5.53 Å². The van der Waals surface area contributed by atoms with Gasteiger partial charge < -0.3 is 5.11 Å². The summed E-state index contributed by atoms with van der Waals surface area (Å²) in [5, 5.41) is 11.8. The number of nitrogens with zero attached hydrogens (tertiary/aromatic N) is 1. The van der Waals surface area contributed by atoms with Crippen LogP contribution in [-0.2, 0) is 6.42 Å². The van der Waals surface area contributed by atoms with Gasteiger partial charge in [-0.1, -0.05) is 12.1 Å². The first-order valence-corrected chi connectivity index (χ1v) is 3.44. The lowest BCUT2D eigenvalue weighted by molar-refractivity contribution is 0.299. The number of aliphatic hydroxyl groups is 1. The average molecular weight is 150 g/mol. The molecule has 0 amide bonds. The number of aliphatic hydroxyl groups excluding tert-OH is 1. The van der Waals surface area contributed by atoms with Gasteiger partial charge in [0.15, 0.2) is 0 Å². The predicted octanol–water partition coefficient (Wildman–Crippen LogP) is 1.88. The van der Waals surface area contributed by atoms with Crippen LogP contribution in [-0.4, -0.2) is 11.7 Å². The zero-order valence-electron chi connectivity index (χ0n) is 6.12. The van der Waals surface area contributed by atoms with Gasteiger partial charge in [0.2, 0.25) is 0 Å². The minimum atomic E-state index is 0.164. The van der Waals surface area contributed by atoms with E-state index in [2.05, 4.69) is 5.11 Å². The van der Waals surface area contributed by atoms with Crippen molar-refractivity contribution in [1.82, 2.24) is 0 Å². The number of hydrogen-bond donors (Lipinski definition) is 2. The summed E-state index contributed by atoms with van der Waals surface area (Å²) in [6, 6.07) is 7.25. The third kappa shape index (κ3) is 2.13. The number of hydrogen-bond acceptors (Lipinski definition) is 3. The minimum absolute atomic E-state index is 0.164. The van der Waals surface area contributed by atoms with Gasteiger partial charge in [-0.2, -0.15) is 5.11 Å². The molecule has 0 aliphatic rings. The van der Waals surface area contributed by atoms with Crippen LogP contribution in [0.5, 0.6) is 0 Å². The summed E-state index contributed by atoms with van der Waals surface area (Å²) >= 11 is 0. The quantitative estimate of drug-likeness (QED) is 0.635. The molecule has 0 spiro atoms. The molecule has 0 bridgehead atoms. The lowest BCUT2D eigenvalue weighted by Gasteiger charge is -1.96. The Balaban J connectivity index is 2.74. The maximum absolute atomic E-state index is 8.59. The zero-order chi connectivity index (χ0) is 8.10. The van der Waals surface area contributed by atoms with Gasteiger partial charge in [-0.05, 0) is 24.1 Å². The van der Waals surface area contributed by atoms with Crippen LogP contribution < -0.4 is 0 Å². The maximum Gasteiger partial charge on any atom is 0.0850 e. The molecule has 0 unspecified atom stereocenters. The SMILES string of the molecule is N=Nc1ccc(CCO)cc1. The number of nitrogens with one attached hydrogen (secondary N) is 1. The first-order valence-electron chi connectivity index (χ1n) is 3.44. The molecule has 2 N–H and O–H groups in total. The molecule has 1 aromatic carbocycles. The van der Waals surface area contributed by atoms with Crippen molar-refractivity contribution in [3.63, 3.8) is 0 Å². The smallest absolute Gasteiger partial charge is 0.0850 e. The fourth-order valence-electron chi connectivity index (χ4n) is 0.866. The van der Waals surface area contributed by atoms with E-state index in [-0.39, 0.29) is 6.61 Å². The standard InChI is InChI=1S/C8H10N2O/c9-10-8-3-1-7(2-4-8)5-6-11/h1-4,9,11H,5-6H2. The summed E-state index contributed by atoms with van der Waals surface area (Å²) in [7, 11) is 0. The lowest BCUT2D eigenvalue weighted by atomic mass is 10.1. The largest absolute Gasteiger partial charge is 0.396 e. The van der Waals surface area contributed by atoms with Crippen molar-refractivity contribution < 1.29 is 5.11 Å². The summed E-state index contributed by atoms with van der Waals surface area (Å²) in [5.41, 5.74) is 8.41. The van der Waals surface area contributed by atoms with E-state index in [1.165, 1.54) is 0 Å². The fraction of sp³-hybridized carbons (Fsp3) is 0.250. The van der Waals surface area contributed by atoms with E-state index >= 15 is 0 Å². The number of benzene rings is 1. The second-order valence-electron chi connectivity index (χ2n) is 2.25. The molecule has 0 radical (unpaired) electrons. The molecule has 3 nitrogen and oxygen atoms in total. The Morgan fingerprint density at radius 1 is 1.27 bits per heavy atom. The van der Waals surface area contributed by atoms with Crippen molar-refractivity contribution in [2.75, 3.05) is 6.61 Å². The predicted molar refractivity (Wildman–Crippen MR) is 42.0 cm³/mol. The molecule has 0 saturated carbocycles. The summed E-state index contributed by atoms with van der Waals surface area (Å²) in [5.74, 6) is 0. The number of rotatable bonds is 3. The van der Waals surface area contributed by atoms with Crippen LogP contribution in [0.2, 0.25) is 0 Å². The van der Waals surface area contributed by atoms with Crippen LogP contribution in [0.1, 0.15) is 5.56 Å². The average Bonchev–Trinajstić information content (AvgIpc) is 2.07. The Morgan fingerprint density at radius 2 is 1.91 bits per heavy atom. The maximum atomic E-state index is 8.59. The highest BCUT2D eigenvalue weighted by atomic mass is 16.2. The Labute approximate surface area is 65.2 Å². The molecule has 0 saturated heterocycles. The highest BCUT2D eigenvalue weighted by molar-refractivity contribution is 5.37. The van der Waals surface area contributed by atoms with E-state index in [9.17, 15) is 0 Å². The van der Waals surface area contributed by atoms with Crippen LogP contribution in [0.15, 0.2) is 29.4 Å². The van der Waals surface area contributed by atoms with Gasteiger partial charge in [0.1, 0.15) is 0 Å². The molecular weight excluding hydrogens is 140 g/mol. The van der Waals surface area contributed by atoms with Crippen molar-refractivity contribution in [3.8, 4) is 0 Å². The summed E-state index contributed by atoms with van der Waals surface area (Å²) in [6.07, 6.45) is 0.665. The van der Waals surface area contributed by atoms with E-state index in [1.54, 1.807) is 12.1 Å². The summed E-state index contributed by atoms with van der Waals surface area (Å²) in [6.45, 7) is 0.164. The van der Waals surface area contributed by atoms with E-state index in [0.29, 0.717) is 12.1 Å². The minimum Gasteiger partial charge on any atom is -0.396 e. The fourth-order valence-corrected chi connectivity index (χ4v) is 0.866. The second-order valence-corrected chi connectivity index (χ2v) is 2.25. The molecule has 0 aliphatic heterocycles. The van der Waals surface area contributed by atoms with Crippen LogP contribution in [0.4, 0.5) is 5.69 Å². The Bertz CT molecular complexity index is 230. The molecule has 1 aromatic rings. The highest BCUT2D eigenvalue weighted by Crippen LogP contribution is 2.12. The van der Waals surface area contributed by atoms with Crippen LogP contribution >= 0.6 is 0 Å². The molecule has 0 atom stereocenters. The van der Waals surface area contributed by atoms with Gasteiger partial charge >= 0.3 is 0 Å². The zero-order valence-corrected chi connectivity index (χ0v) is 6.12.